The monoisotopic (exact) mass is 619 g/mol. The van der Waals surface area contributed by atoms with Gasteiger partial charge in [-0.2, -0.15) is 0 Å². The van der Waals surface area contributed by atoms with Crippen LogP contribution in [0.25, 0.3) is 22.2 Å². The number of aromatic hydroxyl groups is 1. The van der Waals surface area contributed by atoms with Crippen LogP contribution in [0, 0.1) is 0 Å². The van der Waals surface area contributed by atoms with Gasteiger partial charge < -0.3 is 38.7 Å². The Morgan fingerprint density at radius 3 is 2.40 bits per heavy atom. The summed E-state index contributed by atoms with van der Waals surface area (Å²) in [5.41, 5.74) is 0.783. The fraction of sp³-hybridized carbons (Fsp3) is 0.364. The summed E-state index contributed by atoms with van der Waals surface area (Å²) in [5, 5.41) is 32.1. The average molecular weight is 620 g/mol. The number of aliphatic hydroxyl groups excluding tert-OH is 1. The third-order valence-corrected chi connectivity index (χ3v) is 7.96. The summed E-state index contributed by atoms with van der Waals surface area (Å²) in [5.74, 6) is -1.23. The van der Waals surface area contributed by atoms with Crippen LogP contribution in [0.3, 0.4) is 0 Å². The van der Waals surface area contributed by atoms with Crippen LogP contribution >= 0.6 is 0 Å². The topological polar surface area (TPSA) is 153 Å². The summed E-state index contributed by atoms with van der Waals surface area (Å²) < 4.78 is 19.8. The predicted octanol–water partition coefficient (Wildman–Crippen LogP) is 4.66. The molecule has 4 aromatic rings. The van der Waals surface area contributed by atoms with Gasteiger partial charge in [0.2, 0.25) is 0 Å². The van der Waals surface area contributed by atoms with Crippen molar-refractivity contribution >= 4 is 28.7 Å². The Labute approximate surface area is 259 Å². The van der Waals surface area contributed by atoms with Crippen LogP contribution in [0.2, 0.25) is 0 Å². The van der Waals surface area contributed by atoms with Crippen LogP contribution in [0.1, 0.15) is 54.4 Å². The van der Waals surface area contributed by atoms with Gasteiger partial charge in [0.15, 0.2) is 5.56 Å². The summed E-state index contributed by atoms with van der Waals surface area (Å²) >= 11 is 0. The molecule has 0 saturated carbocycles. The zero-order valence-electron chi connectivity index (χ0n) is 26.1. The van der Waals surface area contributed by atoms with E-state index in [-0.39, 0.29) is 37.4 Å². The van der Waals surface area contributed by atoms with Crippen LogP contribution in [0.4, 0.5) is 10.5 Å². The van der Waals surface area contributed by atoms with Gasteiger partial charge >= 0.3 is 12.1 Å². The molecule has 1 aliphatic heterocycles. The number of fused-ring (bicyclic) bond motifs is 4. The van der Waals surface area contributed by atoms with E-state index in [0.29, 0.717) is 51.3 Å². The third-order valence-electron chi connectivity index (χ3n) is 7.96. The van der Waals surface area contributed by atoms with Crippen LogP contribution in [0.5, 0.6) is 17.2 Å². The van der Waals surface area contributed by atoms with E-state index in [4.69, 9.17) is 14.2 Å². The molecule has 0 radical (unpaired) electrons. The molecule has 0 fully saturated rings. The van der Waals surface area contributed by atoms with Gasteiger partial charge in [-0.1, -0.05) is 0 Å². The predicted molar refractivity (Wildman–Crippen MR) is 168 cm³/mol. The van der Waals surface area contributed by atoms with Gasteiger partial charge in [-0.25, -0.2) is 9.59 Å². The fourth-order valence-corrected chi connectivity index (χ4v) is 5.84. The minimum absolute atomic E-state index is 0.116. The van der Waals surface area contributed by atoms with E-state index in [2.05, 4.69) is 0 Å². The van der Waals surface area contributed by atoms with E-state index < -0.39 is 34.5 Å². The lowest BCUT2D eigenvalue weighted by molar-refractivity contribution is 0.0579. The number of carboxylic acids is 1. The number of hydrogen-bond donors (Lipinski definition) is 3. The molecule has 1 aliphatic rings. The highest BCUT2D eigenvalue weighted by Crippen LogP contribution is 2.43. The van der Waals surface area contributed by atoms with E-state index in [1.165, 1.54) is 23.7 Å². The van der Waals surface area contributed by atoms with Crippen molar-refractivity contribution in [1.29, 1.82) is 0 Å². The van der Waals surface area contributed by atoms with Crippen LogP contribution in [-0.2, 0) is 31.4 Å². The Morgan fingerprint density at radius 1 is 1.04 bits per heavy atom. The lowest BCUT2D eigenvalue weighted by Crippen LogP contribution is -2.39. The number of methoxy groups -OCH3 is 2. The standard InChI is InChI=1S/C33H37N3O9/c1-33(2,3)45-32(42)35-11-7-8-22-28(23-13-19-12-20(17-37)34(4)24(19)15-25(23)35)36(30(39)27(29(22)38)31(40)41)16-18-9-10-21(43-5)14-26(18)44-6/h9-10,12-15,37-38H,7-8,11,16-17H2,1-6H3,(H,40,41). The molecule has 3 heterocycles. The number of aromatic nitrogens is 2. The summed E-state index contributed by atoms with van der Waals surface area (Å²) in [7, 11) is 4.79. The number of pyridine rings is 1. The number of rotatable bonds is 6. The minimum Gasteiger partial charge on any atom is -0.506 e. The molecule has 0 aliphatic carbocycles. The first kappa shape index (κ1) is 31.5. The summed E-state index contributed by atoms with van der Waals surface area (Å²) in [4.78, 5) is 41.5. The van der Waals surface area contributed by atoms with Crippen molar-refractivity contribution in [2.75, 3.05) is 25.7 Å². The molecule has 0 unspecified atom stereocenters. The first-order valence-electron chi connectivity index (χ1n) is 14.5. The molecule has 2 aromatic heterocycles. The van der Waals surface area contributed by atoms with Gasteiger partial charge in [0.05, 0.1) is 44.3 Å². The Balaban J connectivity index is 1.89. The smallest absolute Gasteiger partial charge is 0.414 e. The molecule has 1 amide bonds. The SMILES string of the molecule is COc1ccc(Cn2c3c(c(O)c(C(=O)O)c2=O)CCCN(C(=O)OC(C)(C)C)c2cc4c(cc2-3)cc(CO)n4C)c(OC)c1. The number of benzene rings is 2. The van der Waals surface area contributed by atoms with Crippen LogP contribution in [0.15, 0.2) is 41.2 Å². The van der Waals surface area contributed by atoms with Gasteiger partial charge in [-0.15, -0.1) is 0 Å². The zero-order chi connectivity index (χ0) is 32.8. The number of aryl methyl sites for hydroxylation is 1. The maximum Gasteiger partial charge on any atom is 0.414 e. The van der Waals surface area contributed by atoms with Crippen molar-refractivity contribution in [2.45, 2.75) is 52.4 Å². The van der Waals surface area contributed by atoms with Crippen LogP contribution in [-0.4, -0.2) is 62.9 Å². The lowest BCUT2D eigenvalue weighted by atomic mass is 9.93. The van der Waals surface area contributed by atoms with E-state index >= 15 is 0 Å². The van der Waals surface area contributed by atoms with E-state index in [1.807, 2.05) is 4.57 Å². The van der Waals surface area contributed by atoms with Crippen molar-refractivity contribution < 1.29 is 39.1 Å². The van der Waals surface area contributed by atoms with Gasteiger partial charge in [0, 0.05) is 47.4 Å². The number of carbonyl (C=O) groups is 2. The lowest BCUT2D eigenvalue weighted by Gasteiger charge is -2.32. The Morgan fingerprint density at radius 2 is 1.78 bits per heavy atom. The number of aliphatic hydroxyl groups is 1. The van der Waals surface area contributed by atoms with Crippen molar-refractivity contribution in [3.8, 4) is 28.5 Å². The second-order valence-corrected chi connectivity index (χ2v) is 11.9. The molecular formula is C33H37N3O9. The molecule has 0 spiro atoms. The molecule has 0 atom stereocenters. The molecule has 238 valence electrons. The molecule has 12 nitrogen and oxygen atoms in total. The van der Waals surface area contributed by atoms with Gasteiger partial charge in [0.1, 0.15) is 22.8 Å². The minimum atomic E-state index is -1.56. The molecule has 2 aromatic carbocycles. The first-order chi connectivity index (χ1) is 21.3. The number of nitrogens with zero attached hydrogens (tertiary/aromatic N) is 3. The van der Waals surface area contributed by atoms with Crippen molar-refractivity contribution in [3.05, 3.63) is 69.1 Å². The largest absolute Gasteiger partial charge is 0.506 e. The number of aromatic carboxylic acids is 1. The Bertz CT molecular complexity index is 1880. The average Bonchev–Trinajstić information content (AvgIpc) is 3.28. The second-order valence-electron chi connectivity index (χ2n) is 11.9. The van der Waals surface area contributed by atoms with Crippen LogP contribution < -0.4 is 19.9 Å². The number of carboxylic acid groups (broad SMARTS) is 1. The summed E-state index contributed by atoms with van der Waals surface area (Å²) in [6.07, 6.45) is -0.107. The van der Waals surface area contributed by atoms with Crippen molar-refractivity contribution in [3.63, 3.8) is 0 Å². The normalized spacial score (nSPS) is 13.1. The number of hydrogen-bond acceptors (Lipinski definition) is 8. The maximum atomic E-state index is 14.0. The fourth-order valence-electron chi connectivity index (χ4n) is 5.84. The number of ether oxygens (including phenoxy) is 3. The third kappa shape index (κ3) is 5.68. The number of amides is 1. The van der Waals surface area contributed by atoms with Gasteiger partial charge in [0.25, 0.3) is 5.56 Å². The quantitative estimate of drug-likeness (QED) is 0.280. The van der Waals surface area contributed by atoms with Crippen molar-refractivity contribution in [1.82, 2.24) is 9.13 Å². The van der Waals surface area contributed by atoms with E-state index in [0.717, 1.165) is 0 Å². The molecule has 12 heteroatoms. The van der Waals surface area contributed by atoms with E-state index in [9.17, 15) is 29.7 Å². The van der Waals surface area contributed by atoms with E-state index in [1.54, 1.807) is 64.2 Å². The van der Waals surface area contributed by atoms with Gasteiger partial charge in [-0.3, -0.25) is 9.69 Å². The zero-order valence-corrected chi connectivity index (χ0v) is 26.1. The second kappa shape index (κ2) is 11.8. The maximum absolute atomic E-state index is 14.0. The molecule has 45 heavy (non-hydrogen) atoms. The highest BCUT2D eigenvalue weighted by molar-refractivity contribution is 6.01. The highest BCUT2D eigenvalue weighted by atomic mass is 16.6. The molecular weight excluding hydrogens is 582 g/mol. The molecule has 3 N–H and O–H groups in total. The highest BCUT2D eigenvalue weighted by Gasteiger charge is 2.33. The summed E-state index contributed by atoms with van der Waals surface area (Å²) in [6.45, 7) is 5.15. The Hall–Kier alpha value is -4.97. The van der Waals surface area contributed by atoms with Gasteiger partial charge in [-0.05, 0) is 63.9 Å². The molecule has 5 rings (SSSR count). The first-order valence-corrected chi connectivity index (χ1v) is 14.5. The summed E-state index contributed by atoms with van der Waals surface area (Å²) in [6, 6.07) is 10.4. The number of carbonyl (C=O) groups excluding carboxylic acids is 1. The Kier molecular flexibility index (Phi) is 8.28. The number of anilines is 1. The molecule has 0 bridgehead atoms. The molecule has 0 saturated heterocycles. The van der Waals surface area contributed by atoms with Crippen molar-refractivity contribution in [2.24, 2.45) is 7.05 Å².